The van der Waals surface area contributed by atoms with E-state index < -0.39 is 0 Å². The minimum absolute atomic E-state index is 0.425. The minimum atomic E-state index is 0.425. The van der Waals surface area contributed by atoms with Crippen molar-refractivity contribution < 1.29 is 0 Å². The van der Waals surface area contributed by atoms with Gasteiger partial charge in [0, 0.05) is 16.9 Å². The molecular formula is C24H25N3S. The van der Waals surface area contributed by atoms with Crippen molar-refractivity contribution in [2.24, 2.45) is 4.99 Å². The van der Waals surface area contributed by atoms with E-state index in [0.717, 1.165) is 28.1 Å². The van der Waals surface area contributed by atoms with Crippen LogP contribution in [0.1, 0.15) is 27.8 Å². The maximum absolute atomic E-state index is 5.57. The van der Waals surface area contributed by atoms with Crippen molar-refractivity contribution in [1.29, 1.82) is 0 Å². The zero-order valence-electron chi connectivity index (χ0n) is 16.7. The Morgan fingerprint density at radius 2 is 1.36 bits per heavy atom. The van der Waals surface area contributed by atoms with Gasteiger partial charge in [0.2, 0.25) is 0 Å². The molecule has 0 heterocycles. The Morgan fingerprint density at radius 3 is 1.96 bits per heavy atom. The van der Waals surface area contributed by atoms with E-state index in [0.29, 0.717) is 10.9 Å². The number of benzene rings is 3. The van der Waals surface area contributed by atoms with E-state index in [1.165, 1.54) is 11.1 Å². The molecule has 0 aliphatic carbocycles. The lowest BCUT2D eigenvalue weighted by Gasteiger charge is -2.15. The van der Waals surface area contributed by atoms with Crippen LogP contribution in [0, 0.1) is 27.7 Å². The van der Waals surface area contributed by atoms with E-state index in [1.54, 1.807) is 0 Å². The number of hydrogen-bond donors (Lipinski definition) is 2. The van der Waals surface area contributed by atoms with Gasteiger partial charge in [-0.1, -0.05) is 65.7 Å². The lowest BCUT2D eigenvalue weighted by Crippen LogP contribution is -2.19. The summed E-state index contributed by atoms with van der Waals surface area (Å²) >= 11 is 5.57. The van der Waals surface area contributed by atoms with Gasteiger partial charge in [-0.15, -0.1) is 0 Å². The number of aryl methyl sites for hydroxylation is 4. The number of nitrogens with one attached hydrogen (secondary N) is 2. The molecular weight excluding hydrogens is 362 g/mol. The molecule has 0 aliphatic heterocycles. The molecule has 0 unspecified atom stereocenters. The van der Waals surface area contributed by atoms with Crippen molar-refractivity contribution in [3.63, 3.8) is 0 Å². The van der Waals surface area contributed by atoms with Gasteiger partial charge in [-0.25, -0.2) is 4.99 Å². The van der Waals surface area contributed by atoms with Gasteiger partial charge in [0.15, 0.2) is 5.11 Å². The third-order valence-electron chi connectivity index (χ3n) is 4.48. The fourth-order valence-corrected chi connectivity index (χ4v) is 3.34. The van der Waals surface area contributed by atoms with Gasteiger partial charge in [-0.3, -0.25) is 0 Å². The molecule has 0 bridgehead atoms. The first-order valence-electron chi connectivity index (χ1n) is 9.29. The summed E-state index contributed by atoms with van der Waals surface area (Å²) in [5.41, 5.74) is 7.71. The summed E-state index contributed by atoms with van der Waals surface area (Å²) in [6, 6.07) is 22.5. The van der Waals surface area contributed by atoms with Crippen LogP contribution in [0.2, 0.25) is 0 Å². The lowest BCUT2D eigenvalue weighted by molar-refractivity contribution is 1.32. The maximum atomic E-state index is 5.57. The van der Waals surface area contributed by atoms with Crippen molar-refractivity contribution >= 4 is 34.5 Å². The average molecular weight is 388 g/mol. The van der Waals surface area contributed by atoms with Crippen LogP contribution < -0.4 is 10.6 Å². The van der Waals surface area contributed by atoms with Crippen molar-refractivity contribution in [2.45, 2.75) is 27.7 Å². The summed E-state index contributed by atoms with van der Waals surface area (Å²) < 4.78 is 0. The molecule has 3 nitrogen and oxygen atoms in total. The maximum Gasteiger partial charge on any atom is 0.199 e. The van der Waals surface area contributed by atoms with Crippen molar-refractivity contribution in [1.82, 2.24) is 0 Å². The van der Waals surface area contributed by atoms with Gasteiger partial charge >= 0.3 is 0 Å². The quantitative estimate of drug-likeness (QED) is 0.320. The van der Waals surface area contributed by atoms with Crippen LogP contribution in [0.15, 0.2) is 71.7 Å². The monoisotopic (exact) mass is 387 g/mol. The number of aliphatic imine (C=N–C) groups is 1. The number of hydrogen-bond acceptors (Lipinski definition) is 1. The summed E-state index contributed by atoms with van der Waals surface area (Å²) in [7, 11) is 0. The summed E-state index contributed by atoms with van der Waals surface area (Å²) in [6.45, 7) is 8.33. The number of amidine groups is 1. The van der Waals surface area contributed by atoms with Crippen LogP contribution in [0.3, 0.4) is 0 Å². The van der Waals surface area contributed by atoms with Crippen molar-refractivity contribution in [2.75, 3.05) is 10.6 Å². The Labute approximate surface area is 172 Å². The third-order valence-corrected chi connectivity index (χ3v) is 4.68. The van der Waals surface area contributed by atoms with Crippen LogP contribution in [-0.4, -0.2) is 10.9 Å². The molecule has 0 amide bonds. The predicted molar refractivity (Wildman–Crippen MR) is 125 cm³/mol. The number of nitrogens with zero attached hydrogens (tertiary/aromatic N) is 1. The molecule has 4 heteroatoms. The summed E-state index contributed by atoms with van der Waals surface area (Å²) in [6.07, 6.45) is 0. The predicted octanol–water partition coefficient (Wildman–Crippen LogP) is 6.18. The molecule has 3 rings (SSSR count). The Balaban J connectivity index is 1.91. The Hall–Kier alpha value is -2.98. The highest BCUT2D eigenvalue weighted by Gasteiger charge is 2.09. The number of anilines is 2. The van der Waals surface area contributed by atoms with Gasteiger partial charge in [0.1, 0.15) is 5.84 Å². The van der Waals surface area contributed by atoms with E-state index in [4.69, 9.17) is 17.2 Å². The molecule has 2 N–H and O–H groups in total. The third kappa shape index (κ3) is 5.05. The standard InChI is InChI=1S/C24H25N3S/c1-16-10-12-20(13-11-16)23(25-21-8-6-5-7-9-21)27-24(28)26-22-18(3)14-17(2)15-19(22)4/h5-15H,1-4H3,(H2,25,26,27,28). The molecule has 0 aromatic heterocycles. The normalized spacial score (nSPS) is 11.2. The van der Waals surface area contributed by atoms with Crippen LogP contribution in [0.5, 0.6) is 0 Å². The number of rotatable bonds is 3. The Kier molecular flexibility index (Phi) is 6.22. The van der Waals surface area contributed by atoms with Crippen molar-refractivity contribution in [3.05, 3.63) is 94.5 Å². The molecule has 3 aromatic rings. The molecule has 0 radical (unpaired) electrons. The minimum Gasteiger partial charge on any atom is -0.340 e. The molecule has 0 spiro atoms. The first-order valence-corrected chi connectivity index (χ1v) is 9.70. The second-order valence-corrected chi connectivity index (χ2v) is 7.41. The Morgan fingerprint density at radius 1 is 0.750 bits per heavy atom. The number of thiocarbonyl (C=S) groups is 1. The largest absolute Gasteiger partial charge is 0.340 e. The average Bonchev–Trinajstić information content (AvgIpc) is 2.65. The highest BCUT2D eigenvalue weighted by Crippen LogP contribution is 2.22. The fourth-order valence-electron chi connectivity index (χ4n) is 3.15. The number of para-hydroxylation sites is 1. The van der Waals surface area contributed by atoms with Gasteiger partial charge in [-0.05, 0) is 63.2 Å². The van der Waals surface area contributed by atoms with E-state index in [-0.39, 0.29) is 0 Å². The first kappa shape index (κ1) is 19.8. The Bertz CT molecular complexity index is 983. The van der Waals surface area contributed by atoms with Crippen LogP contribution in [-0.2, 0) is 0 Å². The topological polar surface area (TPSA) is 36.4 Å². The second-order valence-electron chi connectivity index (χ2n) is 7.02. The zero-order chi connectivity index (χ0) is 20.1. The van der Waals surface area contributed by atoms with Gasteiger partial charge in [-0.2, -0.15) is 0 Å². The molecule has 3 aromatic carbocycles. The molecule has 0 saturated carbocycles. The molecule has 0 aliphatic rings. The first-order chi connectivity index (χ1) is 13.4. The van der Waals surface area contributed by atoms with Gasteiger partial charge < -0.3 is 10.6 Å². The van der Waals surface area contributed by atoms with E-state index in [9.17, 15) is 0 Å². The van der Waals surface area contributed by atoms with Gasteiger partial charge in [0.05, 0.1) is 0 Å². The molecule has 0 atom stereocenters. The fraction of sp³-hybridized carbons (Fsp3) is 0.167. The molecule has 0 fully saturated rings. The van der Waals surface area contributed by atoms with Crippen LogP contribution in [0.4, 0.5) is 11.4 Å². The lowest BCUT2D eigenvalue weighted by atomic mass is 10.1. The highest BCUT2D eigenvalue weighted by atomic mass is 32.1. The van der Waals surface area contributed by atoms with Gasteiger partial charge in [0.25, 0.3) is 0 Å². The molecule has 0 saturated heterocycles. The summed E-state index contributed by atoms with van der Waals surface area (Å²) in [4.78, 5) is 4.70. The highest BCUT2D eigenvalue weighted by molar-refractivity contribution is 7.80. The van der Waals surface area contributed by atoms with Crippen molar-refractivity contribution in [3.8, 4) is 0 Å². The summed E-state index contributed by atoms with van der Waals surface area (Å²) in [5, 5.41) is 7.12. The smallest absolute Gasteiger partial charge is 0.199 e. The van der Waals surface area contributed by atoms with Crippen LogP contribution >= 0.6 is 12.2 Å². The SMILES string of the molecule is Cc1ccc(/C(=N/C(=S)Nc2c(C)cc(C)cc2C)Nc2ccccc2)cc1. The zero-order valence-corrected chi connectivity index (χ0v) is 17.5. The second kappa shape index (κ2) is 8.81. The van der Waals surface area contributed by atoms with E-state index in [1.807, 2.05) is 30.3 Å². The van der Waals surface area contributed by atoms with Crippen LogP contribution in [0.25, 0.3) is 0 Å². The molecule has 28 heavy (non-hydrogen) atoms. The van der Waals surface area contributed by atoms with E-state index >= 15 is 0 Å². The van der Waals surface area contributed by atoms with E-state index in [2.05, 4.69) is 74.7 Å². The molecule has 142 valence electrons. The summed E-state index contributed by atoms with van der Waals surface area (Å²) in [5.74, 6) is 0.714.